The van der Waals surface area contributed by atoms with Gasteiger partial charge in [0.1, 0.15) is 0 Å². The summed E-state index contributed by atoms with van der Waals surface area (Å²) in [5.74, 6) is 0.566. The van der Waals surface area contributed by atoms with Crippen molar-refractivity contribution >= 4 is 22.9 Å². The SMILES string of the molecule is CC(CCN)CCC(=O)Nc1ccccc1-c1cccs1. The average Bonchev–Trinajstić information content (AvgIpc) is 3.00. The molecule has 1 aromatic heterocycles. The van der Waals surface area contributed by atoms with Crippen LogP contribution in [0.15, 0.2) is 41.8 Å². The average molecular weight is 302 g/mol. The van der Waals surface area contributed by atoms with Crippen LogP contribution in [0.2, 0.25) is 0 Å². The number of carbonyl (C=O) groups is 1. The number of benzene rings is 1. The van der Waals surface area contributed by atoms with Crippen LogP contribution in [0, 0.1) is 5.92 Å². The van der Waals surface area contributed by atoms with E-state index in [2.05, 4.69) is 18.3 Å². The minimum atomic E-state index is 0.0721. The Balaban J connectivity index is 1.98. The topological polar surface area (TPSA) is 55.1 Å². The molecular formula is C17H22N2OS. The molecule has 112 valence electrons. The fraction of sp³-hybridized carbons (Fsp3) is 0.353. The van der Waals surface area contributed by atoms with Crippen molar-refractivity contribution in [1.82, 2.24) is 0 Å². The summed E-state index contributed by atoms with van der Waals surface area (Å²) in [5, 5.41) is 5.08. The Morgan fingerprint density at radius 3 is 2.76 bits per heavy atom. The molecule has 0 bridgehead atoms. The highest BCUT2D eigenvalue weighted by molar-refractivity contribution is 7.13. The van der Waals surface area contributed by atoms with E-state index in [0.717, 1.165) is 24.1 Å². The number of para-hydroxylation sites is 1. The Kier molecular flexibility index (Phi) is 5.96. The monoisotopic (exact) mass is 302 g/mol. The van der Waals surface area contributed by atoms with Crippen molar-refractivity contribution in [2.45, 2.75) is 26.2 Å². The number of anilines is 1. The lowest BCUT2D eigenvalue weighted by molar-refractivity contribution is -0.116. The smallest absolute Gasteiger partial charge is 0.224 e. The third-order valence-corrected chi connectivity index (χ3v) is 4.41. The summed E-state index contributed by atoms with van der Waals surface area (Å²) in [6.07, 6.45) is 2.39. The van der Waals surface area contributed by atoms with E-state index in [1.165, 1.54) is 4.88 Å². The first kappa shape index (κ1) is 15.7. The molecule has 0 aliphatic rings. The quantitative estimate of drug-likeness (QED) is 0.808. The van der Waals surface area contributed by atoms with Crippen LogP contribution in [0.25, 0.3) is 10.4 Å². The van der Waals surface area contributed by atoms with Gasteiger partial charge in [0, 0.05) is 22.5 Å². The standard InChI is InChI=1S/C17H22N2OS/c1-13(10-11-18)8-9-17(20)19-15-6-3-2-5-14(15)16-7-4-12-21-16/h2-7,12-13H,8-11,18H2,1H3,(H,19,20). The fourth-order valence-electron chi connectivity index (χ4n) is 2.26. The van der Waals surface area contributed by atoms with Crippen molar-refractivity contribution in [3.63, 3.8) is 0 Å². The Morgan fingerprint density at radius 1 is 1.24 bits per heavy atom. The van der Waals surface area contributed by atoms with E-state index in [9.17, 15) is 4.79 Å². The fourth-order valence-corrected chi connectivity index (χ4v) is 3.02. The van der Waals surface area contributed by atoms with Crippen LogP contribution in [-0.4, -0.2) is 12.5 Å². The molecule has 1 heterocycles. The predicted molar refractivity (Wildman–Crippen MR) is 90.5 cm³/mol. The Morgan fingerprint density at radius 2 is 2.05 bits per heavy atom. The molecule has 0 fully saturated rings. The van der Waals surface area contributed by atoms with Crippen LogP contribution >= 0.6 is 11.3 Å². The Hall–Kier alpha value is -1.65. The number of nitrogens with two attached hydrogens (primary N) is 1. The van der Waals surface area contributed by atoms with Gasteiger partial charge in [-0.25, -0.2) is 0 Å². The van der Waals surface area contributed by atoms with Gasteiger partial charge in [-0.05, 0) is 42.8 Å². The summed E-state index contributed by atoms with van der Waals surface area (Å²) >= 11 is 1.68. The van der Waals surface area contributed by atoms with Gasteiger partial charge in [-0.2, -0.15) is 0 Å². The van der Waals surface area contributed by atoms with E-state index in [0.29, 0.717) is 18.9 Å². The van der Waals surface area contributed by atoms with Crippen molar-refractivity contribution in [2.75, 3.05) is 11.9 Å². The van der Waals surface area contributed by atoms with Gasteiger partial charge < -0.3 is 11.1 Å². The zero-order valence-corrected chi connectivity index (χ0v) is 13.2. The summed E-state index contributed by atoms with van der Waals surface area (Å²) in [6.45, 7) is 2.82. The number of hydrogen-bond donors (Lipinski definition) is 2. The second-order valence-corrected chi connectivity index (χ2v) is 6.24. The highest BCUT2D eigenvalue weighted by Gasteiger charge is 2.10. The first-order valence-corrected chi connectivity index (χ1v) is 8.21. The highest BCUT2D eigenvalue weighted by atomic mass is 32.1. The van der Waals surface area contributed by atoms with E-state index >= 15 is 0 Å². The van der Waals surface area contributed by atoms with Crippen molar-refractivity contribution in [3.8, 4) is 10.4 Å². The molecular weight excluding hydrogens is 280 g/mol. The van der Waals surface area contributed by atoms with Crippen molar-refractivity contribution in [3.05, 3.63) is 41.8 Å². The minimum Gasteiger partial charge on any atom is -0.330 e. The zero-order valence-electron chi connectivity index (χ0n) is 12.3. The summed E-state index contributed by atoms with van der Waals surface area (Å²) < 4.78 is 0. The molecule has 1 atom stereocenters. The minimum absolute atomic E-state index is 0.0721. The molecule has 3 nitrogen and oxygen atoms in total. The second kappa shape index (κ2) is 7.96. The molecule has 0 aliphatic carbocycles. The maximum atomic E-state index is 12.1. The zero-order chi connectivity index (χ0) is 15.1. The second-order valence-electron chi connectivity index (χ2n) is 5.29. The number of nitrogens with one attached hydrogen (secondary N) is 1. The third kappa shape index (κ3) is 4.69. The normalized spacial score (nSPS) is 12.1. The summed E-state index contributed by atoms with van der Waals surface area (Å²) in [4.78, 5) is 13.3. The van der Waals surface area contributed by atoms with Gasteiger partial charge in [0.15, 0.2) is 0 Å². The molecule has 2 aromatic rings. The molecule has 0 aliphatic heterocycles. The van der Waals surface area contributed by atoms with E-state index in [-0.39, 0.29) is 5.91 Å². The molecule has 4 heteroatoms. The van der Waals surface area contributed by atoms with Crippen LogP contribution in [0.1, 0.15) is 26.2 Å². The molecule has 0 radical (unpaired) electrons. The lowest BCUT2D eigenvalue weighted by Crippen LogP contribution is -2.14. The number of thiophene rings is 1. The van der Waals surface area contributed by atoms with E-state index in [1.54, 1.807) is 11.3 Å². The Bertz CT molecular complexity index is 566. The van der Waals surface area contributed by atoms with Gasteiger partial charge >= 0.3 is 0 Å². The largest absolute Gasteiger partial charge is 0.330 e. The summed E-state index contributed by atoms with van der Waals surface area (Å²) in [7, 11) is 0. The van der Waals surface area contributed by atoms with Gasteiger partial charge in [0.2, 0.25) is 5.91 Å². The lowest BCUT2D eigenvalue weighted by atomic mass is 10.0. The van der Waals surface area contributed by atoms with E-state index in [4.69, 9.17) is 5.73 Å². The van der Waals surface area contributed by atoms with Gasteiger partial charge in [-0.1, -0.05) is 31.2 Å². The maximum absolute atomic E-state index is 12.1. The van der Waals surface area contributed by atoms with Crippen molar-refractivity contribution in [1.29, 1.82) is 0 Å². The summed E-state index contributed by atoms with van der Waals surface area (Å²) in [6, 6.07) is 12.0. The molecule has 2 rings (SSSR count). The molecule has 0 saturated carbocycles. The van der Waals surface area contributed by atoms with Gasteiger partial charge in [0.05, 0.1) is 0 Å². The van der Waals surface area contributed by atoms with Crippen LogP contribution in [0.3, 0.4) is 0 Å². The van der Waals surface area contributed by atoms with Gasteiger partial charge in [-0.3, -0.25) is 4.79 Å². The molecule has 0 spiro atoms. The van der Waals surface area contributed by atoms with E-state index < -0.39 is 0 Å². The van der Waals surface area contributed by atoms with Crippen LogP contribution < -0.4 is 11.1 Å². The summed E-state index contributed by atoms with van der Waals surface area (Å²) in [5.41, 5.74) is 7.50. The van der Waals surface area contributed by atoms with Crippen LogP contribution in [0.4, 0.5) is 5.69 Å². The van der Waals surface area contributed by atoms with Gasteiger partial charge in [-0.15, -0.1) is 11.3 Å². The molecule has 1 unspecified atom stereocenters. The van der Waals surface area contributed by atoms with Crippen LogP contribution in [-0.2, 0) is 4.79 Å². The number of rotatable bonds is 7. The first-order valence-electron chi connectivity index (χ1n) is 7.33. The van der Waals surface area contributed by atoms with Crippen molar-refractivity contribution in [2.24, 2.45) is 11.7 Å². The number of carbonyl (C=O) groups excluding carboxylic acids is 1. The number of hydrogen-bond acceptors (Lipinski definition) is 3. The maximum Gasteiger partial charge on any atom is 0.224 e. The molecule has 0 saturated heterocycles. The molecule has 1 aromatic carbocycles. The highest BCUT2D eigenvalue weighted by Crippen LogP contribution is 2.31. The van der Waals surface area contributed by atoms with Crippen LogP contribution in [0.5, 0.6) is 0 Å². The molecule has 21 heavy (non-hydrogen) atoms. The Labute approximate surface area is 130 Å². The predicted octanol–water partition coefficient (Wildman–Crippen LogP) is 4.12. The van der Waals surface area contributed by atoms with Gasteiger partial charge in [0.25, 0.3) is 0 Å². The molecule has 1 amide bonds. The van der Waals surface area contributed by atoms with Crippen molar-refractivity contribution < 1.29 is 4.79 Å². The number of amides is 1. The molecule has 3 N–H and O–H groups in total. The van der Waals surface area contributed by atoms with E-state index in [1.807, 2.05) is 35.7 Å². The third-order valence-electron chi connectivity index (χ3n) is 3.51. The lowest BCUT2D eigenvalue weighted by Gasteiger charge is -2.12. The first-order chi connectivity index (χ1) is 10.2.